The van der Waals surface area contributed by atoms with Gasteiger partial charge in [-0.15, -0.1) is 0 Å². The molecule has 0 aliphatic rings. The van der Waals surface area contributed by atoms with Crippen LogP contribution in [0.25, 0.3) is 0 Å². The summed E-state index contributed by atoms with van der Waals surface area (Å²) in [4.78, 5) is 12.0. The number of rotatable bonds is 8. The van der Waals surface area contributed by atoms with Gasteiger partial charge in [0.25, 0.3) is 0 Å². The summed E-state index contributed by atoms with van der Waals surface area (Å²) in [6, 6.07) is 13.6. The minimum atomic E-state index is -0.112. The maximum absolute atomic E-state index is 12.0. The molecular weight excluding hydrogens is 348 g/mol. The van der Waals surface area contributed by atoms with Crippen molar-refractivity contribution in [1.82, 2.24) is 5.43 Å². The molecule has 0 aromatic heterocycles. The Hall–Kier alpha value is -2.33. The quantitative estimate of drug-likeness (QED) is 0.400. The van der Waals surface area contributed by atoms with Crippen LogP contribution in [-0.2, 0) is 4.79 Å². The smallest absolute Gasteiger partial charge is 0.240 e. The van der Waals surface area contributed by atoms with Crippen molar-refractivity contribution in [2.24, 2.45) is 5.10 Å². The molecule has 26 heavy (non-hydrogen) atoms. The van der Waals surface area contributed by atoms with Gasteiger partial charge in [0, 0.05) is 11.4 Å². The van der Waals surface area contributed by atoms with Crippen LogP contribution in [0.15, 0.2) is 47.6 Å². The zero-order chi connectivity index (χ0) is 18.9. The van der Waals surface area contributed by atoms with Gasteiger partial charge in [0.05, 0.1) is 12.3 Å². The summed E-state index contributed by atoms with van der Waals surface area (Å²) in [6.45, 7) is 6.48. The van der Waals surface area contributed by atoms with Gasteiger partial charge in [-0.25, -0.2) is 5.43 Å². The van der Waals surface area contributed by atoms with Gasteiger partial charge in [0.2, 0.25) is 5.91 Å². The molecule has 4 nitrogen and oxygen atoms in total. The third-order valence-electron chi connectivity index (χ3n) is 3.98. The lowest BCUT2D eigenvalue weighted by atomic mass is 10.1. The summed E-state index contributed by atoms with van der Waals surface area (Å²) in [5, 5.41) is 4.95. The number of amides is 1. The lowest BCUT2D eigenvalue weighted by Crippen LogP contribution is -2.20. The summed E-state index contributed by atoms with van der Waals surface area (Å²) in [5.74, 6) is 0.681. The van der Waals surface area contributed by atoms with E-state index in [1.165, 1.54) is 5.56 Å². The van der Waals surface area contributed by atoms with Crippen LogP contribution in [0.2, 0.25) is 5.02 Å². The fraction of sp³-hybridized carbons (Fsp3) is 0.333. The Bertz CT molecular complexity index is 770. The minimum Gasteiger partial charge on any atom is -0.493 e. The Balaban J connectivity index is 1.78. The number of hydrogen-bond donors (Lipinski definition) is 1. The van der Waals surface area contributed by atoms with Crippen LogP contribution in [0.4, 0.5) is 0 Å². The van der Waals surface area contributed by atoms with Crippen molar-refractivity contribution < 1.29 is 9.53 Å². The number of hydrazone groups is 1. The van der Waals surface area contributed by atoms with E-state index in [2.05, 4.69) is 10.5 Å². The number of halogens is 1. The van der Waals surface area contributed by atoms with E-state index < -0.39 is 0 Å². The number of benzene rings is 2. The molecule has 5 heteroatoms. The molecule has 0 aliphatic carbocycles. The van der Waals surface area contributed by atoms with Gasteiger partial charge in [-0.05, 0) is 56.0 Å². The van der Waals surface area contributed by atoms with Gasteiger partial charge in [0.15, 0.2) is 0 Å². The van der Waals surface area contributed by atoms with Crippen LogP contribution in [0.3, 0.4) is 0 Å². The van der Waals surface area contributed by atoms with Crippen molar-refractivity contribution in [3.63, 3.8) is 0 Å². The number of ether oxygens (including phenoxy) is 1. The first kappa shape index (κ1) is 20.0. The van der Waals surface area contributed by atoms with Crippen molar-refractivity contribution >= 4 is 23.2 Å². The van der Waals surface area contributed by atoms with Gasteiger partial charge in [-0.3, -0.25) is 4.79 Å². The summed E-state index contributed by atoms with van der Waals surface area (Å²) >= 11 is 5.92. The fourth-order valence-electron chi connectivity index (χ4n) is 2.47. The van der Waals surface area contributed by atoms with Crippen molar-refractivity contribution in [2.75, 3.05) is 6.61 Å². The number of hydrogen-bond acceptors (Lipinski definition) is 3. The largest absolute Gasteiger partial charge is 0.493 e. The predicted octanol–water partition coefficient (Wildman–Crippen LogP) is 5.05. The zero-order valence-corrected chi connectivity index (χ0v) is 16.3. The van der Waals surface area contributed by atoms with Crippen molar-refractivity contribution in [3.8, 4) is 5.75 Å². The lowest BCUT2D eigenvalue weighted by Gasteiger charge is -2.09. The second-order valence-corrected chi connectivity index (χ2v) is 6.61. The maximum atomic E-state index is 12.0. The highest BCUT2D eigenvalue weighted by Crippen LogP contribution is 2.21. The number of nitrogens with zero attached hydrogens (tertiary/aromatic N) is 1. The Kier molecular flexibility index (Phi) is 7.67. The van der Waals surface area contributed by atoms with E-state index in [0.717, 1.165) is 29.0 Å². The van der Waals surface area contributed by atoms with Gasteiger partial charge in [-0.1, -0.05) is 48.4 Å². The number of carbonyl (C=O) groups excluding carboxylic acids is 1. The second kappa shape index (κ2) is 9.97. The van der Waals surface area contributed by atoms with Crippen LogP contribution in [-0.4, -0.2) is 18.2 Å². The van der Waals surface area contributed by atoms with E-state index in [4.69, 9.17) is 16.3 Å². The van der Waals surface area contributed by atoms with Crippen LogP contribution in [0.5, 0.6) is 5.75 Å². The number of carbonyl (C=O) groups is 1. The van der Waals surface area contributed by atoms with E-state index >= 15 is 0 Å². The number of nitrogens with one attached hydrogen (secondary N) is 1. The number of aryl methyl sites for hydroxylation is 2. The van der Waals surface area contributed by atoms with E-state index in [9.17, 15) is 4.79 Å². The average molecular weight is 373 g/mol. The molecular formula is C21H25ClN2O2. The highest BCUT2D eigenvalue weighted by Gasteiger charge is 2.05. The lowest BCUT2D eigenvalue weighted by molar-refractivity contribution is -0.121. The summed E-state index contributed by atoms with van der Waals surface area (Å²) < 4.78 is 5.69. The maximum Gasteiger partial charge on any atom is 0.240 e. The Morgan fingerprint density at radius 1 is 1.15 bits per heavy atom. The minimum absolute atomic E-state index is 0.112. The molecule has 2 rings (SSSR count). The van der Waals surface area contributed by atoms with E-state index in [1.807, 2.05) is 57.2 Å². The van der Waals surface area contributed by atoms with Crippen LogP contribution in [0.1, 0.15) is 42.9 Å². The van der Waals surface area contributed by atoms with Gasteiger partial charge in [0.1, 0.15) is 5.75 Å². The van der Waals surface area contributed by atoms with Crippen LogP contribution < -0.4 is 10.2 Å². The predicted molar refractivity (Wildman–Crippen MR) is 107 cm³/mol. The monoisotopic (exact) mass is 372 g/mol. The molecule has 0 bridgehead atoms. The van der Waals surface area contributed by atoms with E-state index in [-0.39, 0.29) is 5.91 Å². The van der Waals surface area contributed by atoms with Crippen LogP contribution >= 0.6 is 11.6 Å². The van der Waals surface area contributed by atoms with Crippen LogP contribution in [0, 0.1) is 13.8 Å². The second-order valence-electron chi connectivity index (χ2n) is 6.17. The van der Waals surface area contributed by atoms with Gasteiger partial charge in [-0.2, -0.15) is 5.10 Å². The molecule has 0 unspecified atom stereocenters. The fourth-order valence-corrected chi connectivity index (χ4v) is 2.70. The molecule has 1 N–H and O–H groups in total. The van der Waals surface area contributed by atoms with E-state index in [0.29, 0.717) is 24.5 Å². The SMILES string of the molecule is CCC(=NNC(=O)CCCOc1ccc(Cl)cc1C)c1ccc(C)cc1. The molecule has 1 amide bonds. The summed E-state index contributed by atoms with van der Waals surface area (Å²) in [5.41, 5.74) is 6.72. The first-order valence-electron chi connectivity index (χ1n) is 8.81. The molecule has 0 aliphatic heterocycles. The van der Waals surface area contributed by atoms with E-state index in [1.54, 1.807) is 6.07 Å². The molecule has 0 fully saturated rings. The highest BCUT2D eigenvalue weighted by molar-refractivity contribution is 6.30. The first-order chi connectivity index (χ1) is 12.5. The van der Waals surface area contributed by atoms with Gasteiger partial charge >= 0.3 is 0 Å². The topological polar surface area (TPSA) is 50.7 Å². The van der Waals surface area contributed by atoms with Crippen molar-refractivity contribution in [1.29, 1.82) is 0 Å². The normalized spacial score (nSPS) is 11.3. The Morgan fingerprint density at radius 2 is 1.88 bits per heavy atom. The molecule has 2 aromatic carbocycles. The van der Waals surface area contributed by atoms with Crippen molar-refractivity contribution in [2.45, 2.75) is 40.0 Å². The highest BCUT2D eigenvalue weighted by atomic mass is 35.5. The molecule has 0 spiro atoms. The third kappa shape index (κ3) is 6.19. The Morgan fingerprint density at radius 3 is 2.54 bits per heavy atom. The first-order valence-corrected chi connectivity index (χ1v) is 9.18. The van der Waals surface area contributed by atoms with Crippen molar-refractivity contribution in [3.05, 3.63) is 64.2 Å². The average Bonchev–Trinajstić information content (AvgIpc) is 2.62. The standard InChI is InChI=1S/C21H25ClN2O2/c1-4-19(17-9-7-15(2)8-10-17)23-24-21(25)6-5-13-26-20-12-11-18(22)14-16(20)3/h7-12,14H,4-6,13H2,1-3H3,(H,24,25). The third-order valence-corrected chi connectivity index (χ3v) is 4.21. The summed E-state index contributed by atoms with van der Waals surface area (Å²) in [6.07, 6.45) is 1.73. The molecule has 0 saturated carbocycles. The molecule has 0 radical (unpaired) electrons. The molecule has 138 valence electrons. The molecule has 0 heterocycles. The van der Waals surface area contributed by atoms with Gasteiger partial charge < -0.3 is 4.74 Å². The molecule has 0 atom stereocenters. The zero-order valence-electron chi connectivity index (χ0n) is 15.5. The molecule has 0 saturated heterocycles. The summed E-state index contributed by atoms with van der Waals surface area (Å²) in [7, 11) is 0. The Labute approximate surface area is 160 Å². The molecule has 2 aromatic rings.